The van der Waals surface area contributed by atoms with Crippen LogP contribution in [0.1, 0.15) is 11.3 Å². The number of rotatable bonds is 3. The second-order valence-corrected chi connectivity index (χ2v) is 6.27. The fourth-order valence-electron chi connectivity index (χ4n) is 3.00. The average Bonchev–Trinajstić information content (AvgIpc) is 3.40. The van der Waals surface area contributed by atoms with Crippen molar-refractivity contribution in [2.75, 3.05) is 6.79 Å². The molecule has 2 aromatic carbocycles. The van der Waals surface area contributed by atoms with Gasteiger partial charge in [0.05, 0.1) is 11.4 Å². The monoisotopic (exact) mass is 361 g/mol. The Hall–Kier alpha value is -3.68. The molecule has 0 aliphatic carbocycles. The van der Waals surface area contributed by atoms with E-state index in [2.05, 4.69) is 20.5 Å². The predicted molar refractivity (Wildman–Crippen MR) is 95.7 cm³/mol. The van der Waals surface area contributed by atoms with E-state index in [9.17, 15) is 0 Å². The van der Waals surface area contributed by atoms with Gasteiger partial charge in [-0.1, -0.05) is 22.5 Å². The Morgan fingerprint density at radius 1 is 1.00 bits per heavy atom. The quantitative estimate of drug-likeness (QED) is 0.553. The number of aromatic nitrogens is 5. The normalized spacial score (nSPS) is 12.5. The molecule has 0 amide bonds. The lowest BCUT2D eigenvalue weighted by atomic mass is 10.2. The van der Waals surface area contributed by atoms with E-state index < -0.39 is 0 Å². The zero-order valence-corrected chi connectivity index (χ0v) is 14.7. The summed E-state index contributed by atoms with van der Waals surface area (Å²) in [5, 5.41) is 12.5. The van der Waals surface area contributed by atoms with E-state index in [1.807, 2.05) is 56.3 Å². The van der Waals surface area contributed by atoms with E-state index in [0.717, 1.165) is 22.5 Å². The summed E-state index contributed by atoms with van der Waals surface area (Å²) < 4.78 is 17.9. The van der Waals surface area contributed by atoms with Gasteiger partial charge in [-0.05, 0) is 49.7 Å². The maximum absolute atomic E-state index is 5.43. The van der Waals surface area contributed by atoms with Gasteiger partial charge in [0.15, 0.2) is 17.2 Å². The number of fused-ring (bicyclic) bond motifs is 1. The lowest BCUT2D eigenvalue weighted by Gasteiger charge is -2.03. The first-order chi connectivity index (χ1) is 13.2. The summed E-state index contributed by atoms with van der Waals surface area (Å²) >= 11 is 0. The molecule has 0 saturated heterocycles. The fraction of sp³-hybridized carbons (Fsp3) is 0.158. The molecule has 3 heterocycles. The molecule has 0 fully saturated rings. The molecule has 4 aromatic rings. The van der Waals surface area contributed by atoms with Crippen LogP contribution in [-0.2, 0) is 0 Å². The molecular weight excluding hydrogens is 346 g/mol. The molecule has 0 saturated carbocycles. The van der Waals surface area contributed by atoms with Crippen LogP contribution >= 0.6 is 0 Å². The first kappa shape index (κ1) is 15.6. The van der Waals surface area contributed by atoms with Crippen LogP contribution in [0.5, 0.6) is 11.5 Å². The number of aryl methyl sites for hydroxylation is 1. The Morgan fingerprint density at radius 3 is 2.78 bits per heavy atom. The van der Waals surface area contributed by atoms with Crippen LogP contribution < -0.4 is 9.47 Å². The molecule has 0 spiro atoms. The van der Waals surface area contributed by atoms with Crippen LogP contribution in [0.2, 0.25) is 0 Å². The van der Waals surface area contributed by atoms with Crippen molar-refractivity contribution in [1.82, 2.24) is 25.1 Å². The molecule has 2 aromatic heterocycles. The predicted octanol–water partition coefficient (Wildman–Crippen LogP) is 3.33. The van der Waals surface area contributed by atoms with E-state index in [4.69, 9.17) is 14.0 Å². The van der Waals surface area contributed by atoms with Crippen LogP contribution in [0.25, 0.3) is 28.7 Å². The summed E-state index contributed by atoms with van der Waals surface area (Å²) in [6, 6.07) is 13.5. The van der Waals surface area contributed by atoms with Gasteiger partial charge in [-0.25, -0.2) is 4.68 Å². The van der Waals surface area contributed by atoms with Gasteiger partial charge in [-0.2, -0.15) is 4.98 Å². The summed E-state index contributed by atoms with van der Waals surface area (Å²) in [5.41, 5.74) is 4.23. The first-order valence-electron chi connectivity index (χ1n) is 8.42. The molecule has 134 valence electrons. The van der Waals surface area contributed by atoms with Crippen molar-refractivity contribution < 1.29 is 14.0 Å². The number of benzene rings is 2. The highest BCUT2D eigenvalue weighted by atomic mass is 16.7. The van der Waals surface area contributed by atoms with Gasteiger partial charge < -0.3 is 14.0 Å². The third kappa shape index (κ3) is 2.62. The molecule has 8 nitrogen and oxygen atoms in total. The van der Waals surface area contributed by atoms with E-state index in [-0.39, 0.29) is 6.79 Å². The van der Waals surface area contributed by atoms with Crippen molar-refractivity contribution in [3.05, 3.63) is 53.7 Å². The van der Waals surface area contributed by atoms with Gasteiger partial charge in [0, 0.05) is 5.56 Å². The SMILES string of the molecule is Cc1cccc(-n2nnc(-c3nc(-c4ccc5c(c4)OCO5)no3)c2C)c1. The van der Waals surface area contributed by atoms with Crippen molar-refractivity contribution in [3.8, 4) is 40.2 Å². The zero-order chi connectivity index (χ0) is 18.4. The maximum atomic E-state index is 5.43. The second-order valence-electron chi connectivity index (χ2n) is 6.27. The molecule has 0 bridgehead atoms. The summed E-state index contributed by atoms with van der Waals surface area (Å²) in [7, 11) is 0. The molecule has 0 unspecified atom stereocenters. The molecular formula is C19H15N5O3. The van der Waals surface area contributed by atoms with Crippen LogP contribution in [0, 0.1) is 13.8 Å². The lowest BCUT2D eigenvalue weighted by molar-refractivity contribution is 0.174. The summed E-state index contributed by atoms with van der Waals surface area (Å²) in [6.07, 6.45) is 0. The van der Waals surface area contributed by atoms with Crippen molar-refractivity contribution in [2.24, 2.45) is 0 Å². The third-order valence-electron chi connectivity index (χ3n) is 4.40. The molecule has 27 heavy (non-hydrogen) atoms. The number of nitrogens with zero attached hydrogens (tertiary/aromatic N) is 5. The van der Waals surface area contributed by atoms with Crippen LogP contribution in [0.15, 0.2) is 47.0 Å². The standard InChI is InChI=1S/C19H15N5O3/c1-11-4-3-5-14(8-11)24-12(2)17(21-23-24)19-20-18(22-27-19)13-6-7-15-16(9-13)26-10-25-15/h3-9H,10H2,1-2H3. The van der Waals surface area contributed by atoms with E-state index in [0.29, 0.717) is 28.9 Å². The molecule has 5 rings (SSSR count). The minimum Gasteiger partial charge on any atom is -0.454 e. The number of ether oxygens (including phenoxy) is 2. The highest BCUT2D eigenvalue weighted by molar-refractivity contribution is 5.63. The van der Waals surface area contributed by atoms with E-state index in [1.54, 1.807) is 4.68 Å². The van der Waals surface area contributed by atoms with Crippen molar-refractivity contribution >= 4 is 0 Å². The Kier molecular flexibility index (Phi) is 3.43. The maximum Gasteiger partial charge on any atom is 0.280 e. The highest BCUT2D eigenvalue weighted by Gasteiger charge is 2.20. The van der Waals surface area contributed by atoms with Crippen LogP contribution in [0.4, 0.5) is 0 Å². The largest absolute Gasteiger partial charge is 0.454 e. The molecule has 8 heteroatoms. The number of hydrogen-bond acceptors (Lipinski definition) is 7. The molecule has 0 N–H and O–H groups in total. The average molecular weight is 361 g/mol. The van der Waals surface area contributed by atoms with Gasteiger partial charge in [0.1, 0.15) is 0 Å². The van der Waals surface area contributed by atoms with Crippen molar-refractivity contribution in [3.63, 3.8) is 0 Å². The minimum atomic E-state index is 0.220. The van der Waals surface area contributed by atoms with Gasteiger partial charge in [0.25, 0.3) is 5.89 Å². The van der Waals surface area contributed by atoms with Gasteiger partial charge in [-0.3, -0.25) is 0 Å². The Morgan fingerprint density at radius 2 is 1.89 bits per heavy atom. The molecule has 1 aliphatic rings. The summed E-state index contributed by atoms with van der Waals surface area (Å²) in [4.78, 5) is 4.47. The van der Waals surface area contributed by atoms with Gasteiger partial charge >= 0.3 is 0 Å². The summed E-state index contributed by atoms with van der Waals surface area (Å²) in [5.74, 6) is 2.15. The third-order valence-corrected chi connectivity index (χ3v) is 4.40. The first-order valence-corrected chi connectivity index (χ1v) is 8.42. The van der Waals surface area contributed by atoms with Crippen LogP contribution in [-0.4, -0.2) is 31.9 Å². The topological polar surface area (TPSA) is 88.1 Å². The zero-order valence-electron chi connectivity index (χ0n) is 14.7. The van der Waals surface area contributed by atoms with Crippen molar-refractivity contribution in [1.29, 1.82) is 0 Å². The molecule has 1 aliphatic heterocycles. The Balaban J connectivity index is 1.50. The van der Waals surface area contributed by atoms with Crippen LogP contribution in [0.3, 0.4) is 0 Å². The minimum absolute atomic E-state index is 0.220. The molecule has 0 atom stereocenters. The van der Waals surface area contributed by atoms with Gasteiger partial charge in [-0.15, -0.1) is 5.10 Å². The number of hydrogen-bond donors (Lipinski definition) is 0. The Labute approximate surface area is 154 Å². The lowest BCUT2D eigenvalue weighted by Crippen LogP contribution is -1.99. The van der Waals surface area contributed by atoms with Crippen molar-refractivity contribution in [2.45, 2.75) is 13.8 Å². The van der Waals surface area contributed by atoms with Gasteiger partial charge in [0.2, 0.25) is 12.6 Å². The highest BCUT2D eigenvalue weighted by Crippen LogP contribution is 2.35. The Bertz CT molecular complexity index is 1150. The summed E-state index contributed by atoms with van der Waals surface area (Å²) in [6.45, 7) is 4.17. The van der Waals surface area contributed by atoms with E-state index in [1.165, 1.54) is 0 Å². The van der Waals surface area contributed by atoms with E-state index >= 15 is 0 Å². The second kappa shape index (κ2) is 5.94. The fourth-order valence-corrected chi connectivity index (χ4v) is 3.00. The molecule has 0 radical (unpaired) electrons. The smallest absolute Gasteiger partial charge is 0.280 e.